The zero-order chi connectivity index (χ0) is 20.4. The maximum absolute atomic E-state index is 12.0. The molecule has 2 saturated heterocycles. The predicted octanol–water partition coefficient (Wildman–Crippen LogP) is 3.08. The molecule has 29 heavy (non-hydrogen) atoms. The van der Waals surface area contributed by atoms with Crippen molar-refractivity contribution in [3.63, 3.8) is 0 Å². The van der Waals surface area contributed by atoms with Gasteiger partial charge in [-0.2, -0.15) is 0 Å². The highest BCUT2D eigenvalue weighted by Gasteiger charge is 2.22. The second kappa shape index (κ2) is 8.61. The second-order valence-corrected chi connectivity index (χ2v) is 9.05. The molecule has 0 saturated carbocycles. The average Bonchev–Trinajstić information content (AvgIpc) is 2.89. The van der Waals surface area contributed by atoms with E-state index in [1.165, 1.54) is 11.8 Å². The highest BCUT2D eigenvalue weighted by atomic mass is 32.2. The summed E-state index contributed by atoms with van der Waals surface area (Å²) in [6.07, 6.45) is 6.64. The van der Waals surface area contributed by atoms with Gasteiger partial charge in [-0.1, -0.05) is 36.1 Å². The largest absolute Gasteiger partial charge is 0.354 e. The van der Waals surface area contributed by atoms with Gasteiger partial charge in [0.1, 0.15) is 10.1 Å². The van der Waals surface area contributed by atoms with Gasteiger partial charge in [0.25, 0.3) is 5.91 Å². The third-order valence-corrected chi connectivity index (χ3v) is 6.33. The molecule has 3 heterocycles. The molecule has 1 aromatic carbocycles. The molecule has 2 aliphatic rings. The Hall–Kier alpha value is -2.29. The van der Waals surface area contributed by atoms with Crippen molar-refractivity contribution in [3.05, 3.63) is 46.6 Å². The molecule has 1 aromatic heterocycles. The van der Waals surface area contributed by atoms with E-state index >= 15 is 0 Å². The SMILES string of the molecule is Cc1ccc(-c2cncc(N3CCCN(C)CC3)n2)cc1/C=C1\SC(=S)NC1=O. The monoisotopic (exact) mass is 425 g/mol. The number of aromatic nitrogens is 2. The first-order valence-corrected chi connectivity index (χ1v) is 10.8. The first-order valence-electron chi connectivity index (χ1n) is 9.61. The van der Waals surface area contributed by atoms with Crippen molar-refractivity contribution in [1.29, 1.82) is 0 Å². The van der Waals surface area contributed by atoms with Crippen molar-refractivity contribution < 1.29 is 4.79 Å². The number of amides is 1. The van der Waals surface area contributed by atoms with Crippen LogP contribution in [0.2, 0.25) is 0 Å². The minimum absolute atomic E-state index is 0.141. The van der Waals surface area contributed by atoms with Crippen LogP contribution in [-0.2, 0) is 4.79 Å². The Kier molecular flexibility index (Phi) is 5.94. The van der Waals surface area contributed by atoms with E-state index in [9.17, 15) is 4.79 Å². The minimum Gasteiger partial charge on any atom is -0.354 e. The molecule has 0 spiro atoms. The van der Waals surface area contributed by atoms with Crippen molar-refractivity contribution in [2.24, 2.45) is 0 Å². The van der Waals surface area contributed by atoms with Crippen molar-refractivity contribution in [1.82, 2.24) is 20.2 Å². The van der Waals surface area contributed by atoms with Crippen LogP contribution in [0.4, 0.5) is 5.82 Å². The third-order valence-electron chi connectivity index (χ3n) is 5.17. The Labute approximate surface area is 180 Å². The number of thioether (sulfide) groups is 1. The molecule has 2 fully saturated rings. The maximum atomic E-state index is 12.0. The number of likely N-dealkylation sites (N-methyl/N-ethyl adjacent to an activating group) is 1. The molecule has 0 aliphatic carbocycles. The fourth-order valence-corrected chi connectivity index (χ4v) is 4.48. The van der Waals surface area contributed by atoms with E-state index in [0.717, 1.165) is 60.8 Å². The van der Waals surface area contributed by atoms with Gasteiger partial charge >= 0.3 is 0 Å². The van der Waals surface area contributed by atoms with Gasteiger partial charge in [0.05, 0.1) is 23.0 Å². The number of thiocarbonyl (C=S) groups is 1. The molecule has 0 unspecified atom stereocenters. The number of carbonyl (C=O) groups excluding carboxylic acids is 1. The topological polar surface area (TPSA) is 61.4 Å². The summed E-state index contributed by atoms with van der Waals surface area (Å²) in [5.41, 5.74) is 3.88. The van der Waals surface area contributed by atoms with E-state index in [2.05, 4.69) is 33.2 Å². The molecule has 0 radical (unpaired) electrons. The summed E-state index contributed by atoms with van der Waals surface area (Å²) in [5.74, 6) is 0.770. The lowest BCUT2D eigenvalue weighted by molar-refractivity contribution is -0.115. The van der Waals surface area contributed by atoms with Gasteiger partial charge in [0.15, 0.2) is 0 Å². The molecule has 6 nitrogen and oxygen atoms in total. The van der Waals surface area contributed by atoms with Gasteiger partial charge in [-0.25, -0.2) is 4.98 Å². The number of carbonyl (C=O) groups is 1. The van der Waals surface area contributed by atoms with Gasteiger partial charge in [0, 0.05) is 25.2 Å². The smallest absolute Gasteiger partial charge is 0.263 e. The predicted molar refractivity (Wildman–Crippen MR) is 123 cm³/mol. The highest BCUT2D eigenvalue weighted by Crippen LogP contribution is 2.29. The zero-order valence-corrected chi connectivity index (χ0v) is 18.1. The molecular formula is C21H23N5OS2. The van der Waals surface area contributed by atoms with Crippen molar-refractivity contribution in [2.45, 2.75) is 13.3 Å². The summed E-state index contributed by atoms with van der Waals surface area (Å²) < 4.78 is 0.497. The van der Waals surface area contributed by atoms with Crippen molar-refractivity contribution in [2.75, 3.05) is 38.1 Å². The Morgan fingerprint density at radius 1 is 1.21 bits per heavy atom. The molecule has 4 rings (SSSR count). The molecule has 1 amide bonds. The normalized spacial score (nSPS) is 19.5. The van der Waals surface area contributed by atoms with Crippen molar-refractivity contribution in [3.8, 4) is 11.3 Å². The van der Waals surface area contributed by atoms with E-state index in [1.807, 2.05) is 31.3 Å². The lowest BCUT2D eigenvalue weighted by Crippen LogP contribution is -2.29. The summed E-state index contributed by atoms with van der Waals surface area (Å²) in [5, 5.41) is 2.66. The molecule has 0 atom stereocenters. The molecule has 8 heteroatoms. The van der Waals surface area contributed by atoms with E-state index in [4.69, 9.17) is 17.2 Å². The van der Waals surface area contributed by atoms with Crippen LogP contribution in [0.1, 0.15) is 17.5 Å². The van der Waals surface area contributed by atoms with Gasteiger partial charge in [-0.3, -0.25) is 9.78 Å². The quantitative estimate of drug-likeness (QED) is 0.599. The first-order chi connectivity index (χ1) is 14.0. The van der Waals surface area contributed by atoms with Crippen LogP contribution >= 0.6 is 24.0 Å². The number of anilines is 1. The van der Waals surface area contributed by atoms with Gasteiger partial charge < -0.3 is 15.1 Å². The zero-order valence-electron chi connectivity index (χ0n) is 16.5. The lowest BCUT2D eigenvalue weighted by Gasteiger charge is -2.21. The van der Waals surface area contributed by atoms with Crippen LogP contribution in [0.5, 0.6) is 0 Å². The molecule has 1 N–H and O–H groups in total. The number of nitrogens with zero attached hydrogens (tertiary/aromatic N) is 4. The van der Waals surface area contributed by atoms with E-state index in [1.54, 1.807) is 6.20 Å². The van der Waals surface area contributed by atoms with Gasteiger partial charge in [-0.05, 0) is 50.2 Å². The number of aryl methyl sites for hydroxylation is 1. The highest BCUT2D eigenvalue weighted by molar-refractivity contribution is 8.26. The molecule has 150 valence electrons. The van der Waals surface area contributed by atoms with Crippen LogP contribution in [0, 0.1) is 6.92 Å². The van der Waals surface area contributed by atoms with Crippen LogP contribution in [0.15, 0.2) is 35.5 Å². The summed E-state index contributed by atoms with van der Waals surface area (Å²) in [7, 11) is 2.16. The average molecular weight is 426 g/mol. The van der Waals surface area contributed by atoms with Crippen molar-refractivity contribution >= 4 is 46.1 Å². The number of rotatable bonds is 3. The Bertz CT molecular complexity index is 991. The Morgan fingerprint density at radius 3 is 2.86 bits per heavy atom. The Morgan fingerprint density at radius 2 is 2.07 bits per heavy atom. The van der Waals surface area contributed by atoms with Gasteiger partial charge in [-0.15, -0.1) is 0 Å². The number of hydrogen-bond donors (Lipinski definition) is 1. The molecule has 0 bridgehead atoms. The summed E-state index contributed by atoms with van der Waals surface area (Å²) in [6, 6.07) is 6.15. The fourth-order valence-electron chi connectivity index (χ4n) is 3.44. The number of nitrogens with one attached hydrogen (secondary N) is 1. The molecule has 2 aliphatic heterocycles. The summed E-state index contributed by atoms with van der Waals surface area (Å²) >= 11 is 6.38. The third kappa shape index (κ3) is 4.66. The molecular weight excluding hydrogens is 402 g/mol. The van der Waals surface area contributed by atoms with Crippen LogP contribution in [-0.4, -0.2) is 58.3 Å². The standard InChI is InChI=1S/C21H23N5OS2/c1-14-4-5-15(10-16(14)11-18-20(27)24-21(28)29-18)17-12-22-13-19(23-17)26-7-3-6-25(2)8-9-26/h4-5,10-13H,3,6-9H2,1-2H3,(H,24,27,28)/b18-11-. The van der Waals surface area contributed by atoms with E-state index in [-0.39, 0.29) is 5.91 Å². The Balaban J connectivity index is 1.63. The first kappa shape index (κ1) is 20.0. The molecule has 2 aromatic rings. The fraction of sp³-hybridized carbons (Fsp3) is 0.333. The van der Waals surface area contributed by atoms with Crippen LogP contribution < -0.4 is 10.2 Å². The number of benzene rings is 1. The van der Waals surface area contributed by atoms with E-state index < -0.39 is 0 Å². The lowest BCUT2D eigenvalue weighted by atomic mass is 10.0. The minimum atomic E-state index is -0.141. The maximum Gasteiger partial charge on any atom is 0.263 e. The van der Waals surface area contributed by atoms with Crippen LogP contribution in [0.25, 0.3) is 17.3 Å². The van der Waals surface area contributed by atoms with Gasteiger partial charge in [0.2, 0.25) is 0 Å². The second-order valence-electron chi connectivity index (χ2n) is 7.33. The summed E-state index contributed by atoms with van der Waals surface area (Å²) in [4.78, 5) is 26.6. The van der Waals surface area contributed by atoms with E-state index in [0.29, 0.717) is 9.23 Å². The number of hydrogen-bond acceptors (Lipinski definition) is 7. The summed E-state index contributed by atoms with van der Waals surface area (Å²) in [6.45, 7) is 6.10. The van der Waals surface area contributed by atoms with Crippen LogP contribution in [0.3, 0.4) is 0 Å².